The van der Waals surface area contributed by atoms with Crippen LogP contribution in [0.2, 0.25) is 0 Å². The highest BCUT2D eigenvalue weighted by atomic mass is 32.2. The van der Waals surface area contributed by atoms with Gasteiger partial charge in [-0.05, 0) is 63.2 Å². The average Bonchev–Trinajstić information content (AvgIpc) is 3.31. The molecule has 0 radical (unpaired) electrons. The maximum atomic E-state index is 12.8. The smallest absolute Gasteiger partial charge is 0.331 e. The van der Waals surface area contributed by atoms with E-state index in [2.05, 4.69) is 15.4 Å². The molecule has 0 aliphatic carbocycles. The van der Waals surface area contributed by atoms with Gasteiger partial charge in [-0.2, -0.15) is 9.67 Å². The van der Waals surface area contributed by atoms with Crippen molar-refractivity contribution < 1.29 is 22.7 Å². The summed E-state index contributed by atoms with van der Waals surface area (Å²) in [5, 5.41) is 12.0. The van der Waals surface area contributed by atoms with Crippen molar-refractivity contribution in [1.82, 2.24) is 14.8 Å². The molecule has 0 unspecified atom stereocenters. The molecule has 174 valence electrons. The van der Waals surface area contributed by atoms with Gasteiger partial charge in [-0.3, -0.25) is 4.79 Å². The first-order chi connectivity index (χ1) is 15.3. The zero-order valence-electron chi connectivity index (χ0n) is 18.0. The maximum absolute atomic E-state index is 12.8. The number of ether oxygens (including phenoxy) is 1. The van der Waals surface area contributed by atoms with E-state index in [0.717, 1.165) is 16.0 Å². The fourth-order valence-corrected chi connectivity index (χ4v) is 3.88. The largest absolute Gasteiger partial charge is 0.457 e. The van der Waals surface area contributed by atoms with E-state index in [1.54, 1.807) is 39.0 Å². The molecule has 0 saturated heterocycles. The number of nitrogen functional groups attached to an aromatic ring is 1. The summed E-state index contributed by atoms with van der Waals surface area (Å²) in [6.07, 6.45) is 2.84. The van der Waals surface area contributed by atoms with Crippen LogP contribution in [0.25, 0.3) is 6.08 Å². The third-order valence-electron chi connectivity index (χ3n) is 3.89. The van der Waals surface area contributed by atoms with Crippen LogP contribution in [0.15, 0.2) is 47.4 Å². The highest BCUT2D eigenvalue weighted by Crippen LogP contribution is 2.22. The topological polar surface area (TPSA) is 172 Å². The van der Waals surface area contributed by atoms with E-state index in [-0.39, 0.29) is 16.8 Å². The Kier molecular flexibility index (Phi) is 6.67. The lowest BCUT2D eigenvalue weighted by Crippen LogP contribution is -2.22. The van der Waals surface area contributed by atoms with Crippen LogP contribution in [0.4, 0.5) is 17.6 Å². The lowest BCUT2D eigenvalue weighted by atomic mass is 10.2. The molecule has 0 aliphatic heterocycles. The Labute approximate surface area is 194 Å². The number of rotatable bonds is 6. The maximum Gasteiger partial charge on any atom is 0.331 e. The van der Waals surface area contributed by atoms with Gasteiger partial charge in [0.15, 0.2) is 0 Å². The van der Waals surface area contributed by atoms with Gasteiger partial charge in [0.05, 0.1) is 9.77 Å². The molecule has 0 amide bonds. The fraction of sp³-hybridized carbons (Fsp3) is 0.200. The van der Waals surface area contributed by atoms with Gasteiger partial charge in [-0.1, -0.05) is 0 Å². The molecule has 3 aromatic rings. The average molecular weight is 491 g/mol. The second-order valence-corrected chi connectivity index (χ2v) is 10.5. The lowest BCUT2D eigenvalue weighted by Gasteiger charge is -2.17. The molecule has 0 aliphatic rings. The van der Waals surface area contributed by atoms with E-state index >= 15 is 0 Å². The summed E-state index contributed by atoms with van der Waals surface area (Å²) in [7, 11) is -3.81. The third kappa shape index (κ3) is 6.47. The van der Waals surface area contributed by atoms with Crippen LogP contribution in [0.5, 0.6) is 0 Å². The van der Waals surface area contributed by atoms with Crippen molar-refractivity contribution in [2.45, 2.75) is 31.3 Å². The molecule has 0 saturated carbocycles. The zero-order valence-corrected chi connectivity index (χ0v) is 19.6. The number of nitrogens with one attached hydrogen (secondary N) is 1. The minimum Gasteiger partial charge on any atom is -0.457 e. The summed E-state index contributed by atoms with van der Waals surface area (Å²) in [4.78, 5) is 29.6. The summed E-state index contributed by atoms with van der Waals surface area (Å²) in [5.74, 6) is -1.08. The zero-order chi connectivity index (χ0) is 24.4. The van der Waals surface area contributed by atoms with Crippen molar-refractivity contribution in [3.63, 3.8) is 0 Å². The number of carbonyl (C=O) groups excluding carboxylic acids is 2. The number of thiophene rings is 1. The number of benzene rings is 1. The van der Waals surface area contributed by atoms with Crippen LogP contribution in [0.3, 0.4) is 0 Å². The van der Waals surface area contributed by atoms with Crippen molar-refractivity contribution in [2.24, 2.45) is 5.14 Å². The number of nitrogens with two attached hydrogens (primary N) is 2. The first-order valence-electron chi connectivity index (χ1n) is 9.50. The molecular weight excluding hydrogens is 468 g/mol. The molecule has 5 N–H and O–H groups in total. The Morgan fingerprint density at radius 1 is 1.15 bits per heavy atom. The van der Waals surface area contributed by atoms with Crippen LogP contribution >= 0.6 is 11.3 Å². The molecule has 0 spiro atoms. The van der Waals surface area contributed by atoms with Gasteiger partial charge in [-0.15, -0.1) is 16.4 Å². The van der Waals surface area contributed by atoms with Gasteiger partial charge < -0.3 is 15.8 Å². The molecule has 1 aromatic carbocycles. The summed E-state index contributed by atoms with van der Waals surface area (Å²) in [6.45, 7) is 5.31. The number of aromatic nitrogens is 3. The molecular formula is C20H22N6O5S2. The van der Waals surface area contributed by atoms with Gasteiger partial charge in [0, 0.05) is 16.6 Å². The van der Waals surface area contributed by atoms with Crippen LogP contribution in [-0.2, 0) is 19.6 Å². The van der Waals surface area contributed by atoms with Gasteiger partial charge in [0.2, 0.25) is 21.9 Å². The first-order valence-corrected chi connectivity index (χ1v) is 11.9. The number of nitrogens with zero attached hydrogens (tertiary/aromatic N) is 3. The lowest BCUT2D eigenvalue weighted by molar-refractivity contribution is -0.148. The Morgan fingerprint density at radius 2 is 1.82 bits per heavy atom. The van der Waals surface area contributed by atoms with Gasteiger partial charge in [0.25, 0.3) is 5.91 Å². The minimum atomic E-state index is -3.81. The van der Waals surface area contributed by atoms with Crippen molar-refractivity contribution in [3.05, 3.63) is 52.2 Å². The summed E-state index contributed by atoms with van der Waals surface area (Å²) in [5.41, 5.74) is 5.71. The Morgan fingerprint density at radius 3 is 2.42 bits per heavy atom. The quantitative estimate of drug-likeness (QED) is 0.346. The number of primary sulfonamides is 1. The number of anilines is 3. The molecule has 33 heavy (non-hydrogen) atoms. The van der Waals surface area contributed by atoms with Crippen molar-refractivity contribution in [1.29, 1.82) is 0 Å². The predicted molar refractivity (Wildman–Crippen MR) is 124 cm³/mol. The second kappa shape index (κ2) is 9.13. The van der Waals surface area contributed by atoms with Crippen LogP contribution in [0, 0.1) is 0 Å². The Bertz CT molecular complexity index is 1320. The summed E-state index contributed by atoms with van der Waals surface area (Å²) < 4.78 is 28.8. The number of hydrogen-bond donors (Lipinski definition) is 3. The van der Waals surface area contributed by atoms with E-state index < -0.39 is 27.5 Å². The highest BCUT2D eigenvalue weighted by molar-refractivity contribution is 7.89. The fourth-order valence-electron chi connectivity index (χ4n) is 2.53. The molecule has 0 fully saturated rings. The Hall–Kier alpha value is -3.55. The number of esters is 1. The van der Waals surface area contributed by atoms with Crippen LogP contribution in [0.1, 0.15) is 35.3 Å². The van der Waals surface area contributed by atoms with E-state index in [1.807, 2.05) is 0 Å². The van der Waals surface area contributed by atoms with E-state index in [4.69, 9.17) is 15.6 Å². The highest BCUT2D eigenvalue weighted by Gasteiger charge is 2.18. The van der Waals surface area contributed by atoms with Crippen molar-refractivity contribution >= 4 is 56.9 Å². The van der Waals surface area contributed by atoms with E-state index in [0.29, 0.717) is 15.4 Å². The first kappa shape index (κ1) is 24.1. The Balaban J connectivity index is 1.71. The molecule has 0 atom stereocenters. The van der Waals surface area contributed by atoms with Crippen LogP contribution < -0.4 is 16.2 Å². The number of hydrogen-bond acceptors (Lipinski definition) is 10. The third-order valence-corrected chi connectivity index (χ3v) is 5.86. The van der Waals surface area contributed by atoms with Gasteiger partial charge in [0.1, 0.15) is 5.60 Å². The monoisotopic (exact) mass is 490 g/mol. The van der Waals surface area contributed by atoms with Crippen molar-refractivity contribution in [3.8, 4) is 0 Å². The normalized spacial score (nSPS) is 12.1. The van der Waals surface area contributed by atoms with E-state index in [9.17, 15) is 18.0 Å². The standard InChI is InChI=1S/C20H22N6O5S2/c1-20(2,3)31-16(27)11-7-13-6-10-15(32-13)17(28)26-18(21)24-19(25-26)23-12-4-8-14(9-5-12)33(22,29)30/h4-11H,1-3H3,(H2,22,29,30)(H3,21,23,24,25)/b11-7+. The van der Waals surface area contributed by atoms with Gasteiger partial charge >= 0.3 is 5.97 Å². The molecule has 0 bridgehead atoms. The van der Waals surface area contributed by atoms with Gasteiger partial charge in [-0.25, -0.2) is 18.4 Å². The molecule has 13 heteroatoms. The molecule has 2 aromatic heterocycles. The SMILES string of the molecule is CC(C)(C)OC(=O)/C=C/c1ccc(C(=O)n2nc(Nc3ccc(S(N)(=O)=O)cc3)nc2N)s1. The predicted octanol–water partition coefficient (Wildman–Crippen LogP) is 2.36. The van der Waals surface area contributed by atoms with E-state index in [1.165, 1.54) is 30.3 Å². The number of sulfonamides is 1. The molecule has 2 heterocycles. The number of carbonyl (C=O) groups is 2. The summed E-state index contributed by atoms with van der Waals surface area (Å²) >= 11 is 1.14. The van der Waals surface area contributed by atoms with Crippen molar-refractivity contribution in [2.75, 3.05) is 11.1 Å². The minimum absolute atomic E-state index is 0.0459. The van der Waals surface area contributed by atoms with Crippen LogP contribution in [-0.4, -0.2) is 40.7 Å². The second-order valence-electron chi connectivity index (χ2n) is 7.77. The molecule has 3 rings (SSSR count). The molecule has 11 nitrogen and oxygen atoms in total. The summed E-state index contributed by atoms with van der Waals surface area (Å²) in [6, 6.07) is 8.85.